The first-order chi connectivity index (χ1) is 8.99. The molecule has 104 valence electrons. The predicted molar refractivity (Wildman–Crippen MR) is 71.0 cm³/mol. The van der Waals surface area contributed by atoms with Crippen molar-refractivity contribution >= 4 is 5.91 Å². The third-order valence-electron chi connectivity index (χ3n) is 4.88. The van der Waals surface area contributed by atoms with Gasteiger partial charge in [-0.2, -0.15) is 0 Å². The lowest BCUT2D eigenvalue weighted by Gasteiger charge is -2.18. The molecule has 4 heteroatoms. The van der Waals surface area contributed by atoms with Crippen LogP contribution in [0.2, 0.25) is 0 Å². The van der Waals surface area contributed by atoms with Gasteiger partial charge < -0.3 is 14.4 Å². The molecule has 0 radical (unpaired) electrons. The number of nitrogens with zero attached hydrogens (tertiary/aromatic N) is 1. The second-order valence-electron chi connectivity index (χ2n) is 5.99. The number of fused-ring (bicyclic) bond motifs is 1. The summed E-state index contributed by atoms with van der Waals surface area (Å²) >= 11 is 0. The quantitative estimate of drug-likeness (QED) is 0.843. The molecule has 4 nitrogen and oxygen atoms in total. The molecule has 0 bridgehead atoms. The Morgan fingerprint density at radius 1 is 1.21 bits per heavy atom. The van der Waals surface area contributed by atoms with Crippen molar-refractivity contribution in [2.75, 3.05) is 13.1 Å². The predicted octanol–water partition coefficient (Wildman–Crippen LogP) is 2.05. The molecule has 1 saturated carbocycles. The first-order valence-corrected chi connectivity index (χ1v) is 7.03. The summed E-state index contributed by atoms with van der Waals surface area (Å²) < 4.78 is 5.54. The Balaban J connectivity index is 1.82. The van der Waals surface area contributed by atoms with E-state index in [-0.39, 0.29) is 17.9 Å². The van der Waals surface area contributed by atoms with E-state index in [0.717, 1.165) is 30.7 Å². The molecule has 1 saturated heterocycles. The lowest BCUT2D eigenvalue weighted by molar-refractivity contribution is 0.0750. The van der Waals surface area contributed by atoms with Crippen LogP contribution in [0.15, 0.2) is 4.42 Å². The Morgan fingerprint density at radius 2 is 1.95 bits per heavy atom. The molecule has 3 atom stereocenters. The van der Waals surface area contributed by atoms with Crippen LogP contribution < -0.4 is 0 Å². The number of hydrogen-bond donors (Lipinski definition) is 1. The van der Waals surface area contributed by atoms with Crippen molar-refractivity contribution in [1.82, 2.24) is 4.90 Å². The Kier molecular flexibility index (Phi) is 2.93. The lowest BCUT2D eigenvalue weighted by atomic mass is 10.00. The maximum absolute atomic E-state index is 12.6. The van der Waals surface area contributed by atoms with E-state index in [0.29, 0.717) is 23.8 Å². The van der Waals surface area contributed by atoms with E-state index >= 15 is 0 Å². The molecule has 19 heavy (non-hydrogen) atoms. The molecule has 0 aromatic carbocycles. The maximum atomic E-state index is 12.6. The van der Waals surface area contributed by atoms with Crippen molar-refractivity contribution < 1.29 is 14.3 Å². The van der Waals surface area contributed by atoms with Crippen molar-refractivity contribution in [2.24, 2.45) is 11.8 Å². The molecule has 1 amide bonds. The van der Waals surface area contributed by atoms with Crippen LogP contribution in [-0.2, 0) is 0 Å². The number of aliphatic hydroxyl groups is 1. The van der Waals surface area contributed by atoms with Crippen molar-refractivity contribution in [3.8, 4) is 0 Å². The minimum Gasteiger partial charge on any atom is -0.466 e. The molecule has 1 N–H and O–H groups in total. The zero-order valence-electron chi connectivity index (χ0n) is 11.8. The number of aryl methyl sites for hydroxylation is 2. The highest BCUT2D eigenvalue weighted by atomic mass is 16.3. The second-order valence-corrected chi connectivity index (χ2v) is 5.99. The average molecular weight is 263 g/mol. The van der Waals surface area contributed by atoms with Gasteiger partial charge in [0.1, 0.15) is 11.5 Å². The van der Waals surface area contributed by atoms with E-state index in [1.165, 1.54) is 0 Å². The summed E-state index contributed by atoms with van der Waals surface area (Å²) in [5, 5.41) is 9.93. The highest BCUT2D eigenvalue weighted by Gasteiger charge is 2.44. The monoisotopic (exact) mass is 263 g/mol. The van der Waals surface area contributed by atoms with Crippen LogP contribution >= 0.6 is 0 Å². The van der Waals surface area contributed by atoms with Gasteiger partial charge in [-0.05, 0) is 39.5 Å². The Labute approximate surface area is 113 Å². The van der Waals surface area contributed by atoms with Crippen LogP contribution in [-0.4, -0.2) is 35.1 Å². The molecule has 0 spiro atoms. The lowest BCUT2D eigenvalue weighted by Crippen LogP contribution is -2.31. The molecule has 3 rings (SSSR count). The van der Waals surface area contributed by atoms with Gasteiger partial charge in [0, 0.05) is 24.6 Å². The summed E-state index contributed by atoms with van der Waals surface area (Å²) in [6, 6.07) is 0. The highest BCUT2D eigenvalue weighted by Crippen LogP contribution is 2.39. The summed E-state index contributed by atoms with van der Waals surface area (Å²) in [5.41, 5.74) is 1.66. The first-order valence-electron chi connectivity index (χ1n) is 7.03. The largest absolute Gasteiger partial charge is 0.466 e. The van der Waals surface area contributed by atoms with Gasteiger partial charge in [-0.3, -0.25) is 4.79 Å². The van der Waals surface area contributed by atoms with Crippen LogP contribution in [0.3, 0.4) is 0 Å². The van der Waals surface area contributed by atoms with E-state index in [1.54, 1.807) is 0 Å². The second kappa shape index (κ2) is 4.37. The standard InChI is InChI=1S/C15H21NO3/c1-8-9(2)19-10(3)14(8)15(18)16-6-11-4-5-13(17)12(11)7-16/h11-13,17H,4-7H2,1-3H3. The minimum absolute atomic E-state index is 0.0634. The van der Waals surface area contributed by atoms with Crippen LogP contribution in [0, 0.1) is 32.6 Å². The molecule has 2 aliphatic rings. The zero-order valence-corrected chi connectivity index (χ0v) is 11.8. The molecule has 1 aromatic heterocycles. The maximum Gasteiger partial charge on any atom is 0.257 e. The molecule has 1 aliphatic heterocycles. The van der Waals surface area contributed by atoms with E-state index in [9.17, 15) is 9.90 Å². The fourth-order valence-electron chi connectivity index (χ4n) is 3.67. The van der Waals surface area contributed by atoms with E-state index in [2.05, 4.69) is 0 Å². The number of aliphatic hydroxyl groups excluding tert-OH is 1. The fourth-order valence-corrected chi connectivity index (χ4v) is 3.67. The topological polar surface area (TPSA) is 53.7 Å². The summed E-state index contributed by atoms with van der Waals surface area (Å²) in [4.78, 5) is 14.5. The summed E-state index contributed by atoms with van der Waals surface area (Å²) in [7, 11) is 0. The van der Waals surface area contributed by atoms with E-state index < -0.39 is 0 Å². The third-order valence-corrected chi connectivity index (χ3v) is 4.88. The summed E-state index contributed by atoms with van der Waals surface area (Å²) in [6.07, 6.45) is 1.70. The molecule has 1 aromatic rings. The van der Waals surface area contributed by atoms with Gasteiger partial charge >= 0.3 is 0 Å². The normalized spacial score (nSPS) is 29.9. The zero-order chi connectivity index (χ0) is 13.7. The minimum atomic E-state index is -0.226. The van der Waals surface area contributed by atoms with Crippen LogP contribution in [0.25, 0.3) is 0 Å². The molecule has 1 aliphatic carbocycles. The number of rotatable bonds is 1. The smallest absolute Gasteiger partial charge is 0.257 e. The van der Waals surface area contributed by atoms with Crippen LogP contribution in [0.5, 0.6) is 0 Å². The van der Waals surface area contributed by atoms with Gasteiger partial charge in [0.2, 0.25) is 0 Å². The van der Waals surface area contributed by atoms with Gasteiger partial charge in [0.25, 0.3) is 5.91 Å². The van der Waals surface area contributed by atoms with Gasteiger partial charge in [0.05, 0.1) is 11.7 Å². The SMILES string of the molecule is Cc1oc(C)c(C(=O)N2CC3CCC(O)C3C2)c1C. The number of hydrogen-bond acceptors (Lipinski definition) is 3. The third kappa shape index (κ3) is 1.89. The van der Waals surface area contributed by atoms with Crippen molar-refractivity contribution in [3.05, 3.63) is 22.6 Å². The molecular weight excluding hydrogens is 242 g/mol. The number of amides is 1. The van der Waals surface area contributed by atoms with Gasteiger partial charge in [-0.1, -0.05) is 0 Å². The fraction of sp³-hybridized carbons (Fsp3) is 0.667. The molecule has 2 heterocycles. The number of carbonyl (C=O) groups is 1. The average Bonchev–Trinajstić information content (AvgIpc) is 2.97. The van der Waals surface area contributed by atoms with Gasteiger partial charge in [-0.15, -0.1) is 0 Å². The summed E-state index contributed by atoms with van der Waals surface area (Å²) in [6.45, 7) is 7.14. The van der Waals surface area contributed by atoms with Crippen molar-refractivity contribution in [1.29, 1.82) is 0 Å². The summed E-state index contributed by atoms with van der Waals surface area (Å²) in [5.74, 6) is 2.34. The number of likely N-dealkylation sites (tertiary alicyclic amines) is 1. The highest BCUT2D eigenvalue weighted by molar-refractivity contribution is 5.97. The van der Waals surface area contributed by atoms with Crippen LogP contribution in [0.4, 0.5) is 0 Å². The number of furan rings is 1. The van der Waals surface area contributed by atoms with Crippen LogP contribution in [0.1, 0.15) is 40.3 Å². The Bertz CT molecular complexity index is 520. The number of carbonyl (C=O) groups excluding carboxylic acids is 1. The molecule has 2 fully saturated rings. The Morgan fingerprint density at radius 3 is 2.53 bits per heavy atom. The molecular formula is C15H21NO3. The van der Waals surface area contributed by atoms with Crippen molar-refractivity contribution in [3.63, 3.8) is 0 Å². The van der Waals surface area contributed by atoms with Gasteiger partial charge in [-0.25, -0.2) is 0 Å². The van der Waals surface area contributed by atoms with E-state index in [1.807, 2.05) is 25.7 Å². The van der Waals surface area contributed by atoms with Crippen molar-refractivity contribution in [2.45, 2.75) is 39.7 Å². The first kappa shape index (κ1) is 12.7. The Hall–Kier alpha value is -1.29. The van der Waals surface area contributed by atoms with Gasteiger partial charge in [0.15, 0.2) is 0 Å². The molecule has 3 unspecified atom stereocenters. The van der Waals surface area contributed by atoms with E-state index in [4.69, 9.17) is 4.42 Å².